The Bertz CT molecular complexity index is 1020. The van der Waals surface area contributed by atoms with Crippen molar-refractivity contribution in [3.05, 3.63) is 45.4 Å². The first-order chi connectivity index (χ1) is 10.7. The number of halogens is 3. The number of nitrogens with zero attached hydrogens (tertiary/aromatic N) is 1. The van der Waals surface area contributed by atoms with Gasteiger partial charge in [-0.3, -0.25) is 0 Å². The lowest BCUT2D eigenvalue weighted by molar-refractivity contribution is 0.484. The summed E-state index contributed by atoms with van der Waals surface area (Å²) in [6.45, 7) is 0. The second kappa shape index (κ2) is 5.87. The van der Waals surface area contributed by atoms with Crippen LogP contribution in [0.1, 0.15) is 0 Å². The van der Waals surface area contributed by atoms with Gasteiger partial charge in [0.2, 0.25) is 15.0 Å². The van der Waals surface area contributed by atoms with Crippen LogP contribution in [0.4, 0.5) is 0 Å². The highest BCUT2D eigenvalue weighted by molar-refractivity contribution is 7.90. The van der Waals surface area contributed by atoms with Gasteiger partial charge in [-0.1, -0.05) is 34.8 Å². The molecule has 0 fully saturated rings. The Labute approximate surface area is 147 Å². The molecule has 0 bridgehead atoms. The fourth-order valence-electron chi connectivity index (χ4n) is 1.92. The van der Waals surface area contributed by atoms with Crippen molar-refractivity contribution in [3.63, 3.8) is 0 Å². The number of rotatable bonds is 3. The molecule has 0 atom stereocenters. The Balaban J connectivity index is 2.05. The fourth-order valence-corrected chi connectivity index (χ4v) is 3.13. The minimum absolute atomic E-state index is 0.134. The van der Waals surface area contributed by atoms with Gasteiger partial charge in [-0.15, -0.1) is 0 Å². The molecule has 0 radical (unpaired) electrons. The molecule has 2 aromatic carbocycles. The standard InChI is InChI=1S/C14H9Cl3N2O3S/c1-23(20,21)14-18-10-5-9(17)13(6-11(10)19-14)22-12-3-2-7(15)4-8(12)16/h2-6H,1H3,(H,18,19). The van der Waals surface area contributed by atoms with Crippen molar-refractivity contribution < 1.29 is 13.2 Å². The number of benzene rings is 2. The molecule has 1 N–H and O–H groups in total. The number of aromatic amines is 1. The summed E-state index contributed by atoms with van der Waals surface area (Å²) in [7, 11) is -3.45. The maximum atomic E-state index is 11.6. The predicted molar refractivity (Wildman–Crippen MR) is 90.7 cm³/mol. The Morgan fingerprint density at radius 3 is 2.39 bits per heavy atom. The first kappa shape index (κ1) is 16.4. The molecule has 0 saturated heterocycles. The molecule has 0 spiro atoms. The normalized spacial score (nSPS) is 11.8. The molecule has 23 heavy (non-hydrogen) atoms. The van der Waals surface area contributed by atoms with Crippen molar-refractivity contribution in [2.45, 2.75) is 5.16 Å². The first-order valence-corrected chi connectivity index (χ1v) is 9.29. The molecule has 0 aliphatic heterocycles. The molecule has 3 aromatic rings. The van der Waals surface area contributed by atoms with Crippen molar-refractivity contribution in [1.82, 2.24) is 9.97 Å². The van der Waals surface area contributed by atoms with E-state index in [9.17, 15) is 8.42 Å². The molecule has 0 unspecified atom stereocenters. The monoisotopic (exact) mass is 390 g/mol. The predicted octanol–water partition coefficient (Wildman–Crippen LogP) is 4.72. The zero-order valence-corrected chi connectivity index (χ0v) is 14.7. The molecule has 1 aromatic heterocycles. The van der Waals surface area contributed by atoms with Gasteiger partial charge in [0, 0.05) is 17.3 Å². The fraction of sp³-hybridized carbons (Fsp3) is 0.0714. The molecule has 3 rings (SSSR count). The van der Waals surface area contributed by atoms with Crippen LogP contribution in [0.15, 0.2) is 35.5 Å². The quantitative estimate of drug-likeness (QED) is 0.701. The van der Waals surface area contributed by atoms with E-state index in [0.29, 0.717) is 32.6 Å². The van der Waals surface area contributed by atoms with Gasteiger partial charge in [0.25, 0.3) is 0 Å². The van der Waals surface area contributed by atoms with Crippen molar-refractivity contribution in [2.24, 2.45) is 0 Å². The van der Waals surface area contributed by atoms with Gasteiger partial charge in [-0.25, -0.2) is 13.4 Å². The number of imidazole rings is 1. The van der Waals surface area contributed by atoms with Gasteiger partial charge in [0.1, 0.15) is 11.5 Å². The van der Waals surface area contributed by atoms with Gasteiger partial charge in [-0.2, -0.15) is 0 Å². The second-order valence-corrected chi connectivity index (χ2v) is 7.97. The molecular formula is C14H9Cl3N2O3S. The lowest BCUT2D eigenvalue weighted by Crippen LogP contribution is -1.98. The van der Waals surface area contributed by atoms with E-state index in [1.54, 1.807) is 18.2 Å². The van der Waals surface area contributed by atoms with Crippen LogP contribution in [0, 0.1) is 0 Å². The van der Waals surface area contributed by atoms with Gasteiger partial charge in [0.15, 0.2) is 0 Å². The summed E-state index contributed by atoms with van der Waals surface area (Å²) >= 11 is 18.1. The van der Waals surface area contributed by atoms with Crippen molar-refractivity contribution in [2.75, 3.05) is 6.26 Å². The van der Waals surface area contributed by atoms with Crippen LogP contribution in [-0.4, -0.2) is 24.6 Å². The average Bonchev–Trinajstić information content (AvgIpc) is 2.85. The van der Waals surface area contributed by atoms with E-state index < -0.39 is 9.84 Å². The Morgan fingerprint density at radius 2 is 1.74 bits per heavy atom. The molecule has 0 saturated carbocycles. The van der Waals surface area contributed by atoms with Crippen LogP contribution in [0.2, 0.25) is 15.1 Å². The summed E-state index contributed by atoms with van der Waals surface area (Å²) in [6, 6.07) is 7.86. The lowest BCUT2D eigenvalue weighted by atomic mass is 10.3. The van der Waals surface area contributed by atoms with Crippen LogP contribution in [0.5, 0.6) is 11.5 Å². The third kappa shape index (κ3) is 3.40. The number of nitrogens with one attached hydrogen (secondary N) is 1. The van der Waals surface area contributed by atoms with E-state index in [4.69, 9.17) is 39.5 Å². The van der Waals surface area contributed by atoms with E-state index in [0.717, 1.165) is 6.26 Å². The van der Waals surface area contributed by atoms with E-state index in [1.807, 2.05) is 0 Å². The van der Waals surface area contributed by atoms with Crippen LogP contribution in [-0.2, 0) is 9.84 Å². The zero-order chi connectivity index (χ0) is 16.8. The van der Waals surface area contributed by atoms with Gasteiger partial charge < -0.3 is 9.72 Å². The largest absolute Gasteiger partial charge is 0.454 e. The first-order valence-electron chi connectivity index (χ1n) is 6.26. The smallest absolute Gasteiger partial charge is 0.225 e. The molecule has 0 aliphatic carbocycles. The number of sulfone groups is 1. The summed E-state index contributed by atoms with van der Waals surface area (Å²) < 4.78 is 28.8. The Hall–Kier alpha value is -1.47. The summed E-state index contributed by atoms with van der Waals surface area (Å²) in [5.41, 5.74) is 0.903. The van der Waals surface area contributed by atoms with E-state index in [1.165, 1.54) is 12.1 Å². The number of hydrogen-bond donors (Lipinski definition) is 1. The molecule has 120 valence electrons. The van der Waals surface area contributed by atoms with Crippen molar-refractivity contribution in [1.29, 1.82) is 0 Å². The maximum Gasteiger partial charge on any atom is 0.225 e. The highest BCUT2D eigenvalue weighted by Crippen LogP contribution is 2.36. The van der Waals surface area contributed by atoms with Gasteiger partial charge in [-0.05, 0) is 24.3 Å². The van der Waals surface area contributed by atoms with Crippen LogP contribution in [0.25, 0.3) is 11.0 Å². The van der Waals surface area contributed by atoms with Gasteiger partial charge >= 0.3 is 0 Å². The summed E-state index contributed by atoms with van der Waals surface area (Å²) in [6.07, 6.45) is 1.07. The zero-order valence-electron chi connectivity index (χ0n) is 11.6. The van der Waals surface area contributed by atoms with Gasteiger partial charge in [0.05, 0.1) is 21.1 Å². The maximum absolute atomic E-state index is 11.6. The molecular weight excluding hydrogens is 383 g/mol. The summed E-state index contributed by atoms with van der Waals surface area (Å²) in [5.74, 6) is 0.672. The topological polar surface area (TPSA) is 72.1 Å². The molecule has 1 heterocycles. The number of aromatic nitrogens is 2. The lowest BCUT2D eigenvalue weighted by Gasteiger charge is -2.09. The number of ether oxygens (including phenoxy) is 1. The summed E-state index contributed by atoms with van der Waals surface area (Å²) in [4.78, 5) is 6.73. The number of fused-ring (bicyclic) bond motifs is 1. The van der Waals surface area contributed by atoms with Crippen molar-refractivity contribution >= 4 is 55.7 Å². The SMILES string of the molecule is CS(=O)(=O)c1nc2cc(Oc3ccc(Cl)cc3Cl)c(Cl)cc2[nH]1. The van der Waals surface area contributed by atoms with Crippen LogP contribution >= 0.6 is 34.8 Å². The molecule has 0 aliphatic rings. The third-order valence-electron chi connectivity index (χ3n) is 2.98. The Kier molecular flexibility index (Phi) is 4.18. The van der Waals surface area contributed by atoms with Crippen molar-refractivity contribution in [3.8, 4) is 11.5 Å². The number of hydrogen-bond acceptors (Lipinski definition) is 4. The number of H-pyrrole nitrogens is 1. The molecule has 9 heteroatoms. The Morgan fingerprint density at radius 1 is 1.04 bits per heavy atom. The molecule has 0 amide bonds. The second-order valence-electron chi connectivity index (χ2n) is 4.79. The van der Waals surface area contributed by atoms with E-state index >= 15 is 0 Å². The third-order valence-corrected chi connectivity index (χ3v) is 4.70. The average molecular weight is 392 g/mol. The minimum Gasteiger partial charge on any atom is -0.454 e. The highest BCUT2D eigenvalue weighted by Gasteiger charge is 2.16. The van der Waals surface area contributed by atoms with Crippen LogP contribution in [0.3, 0.4) is 0 Å². The highest BCUT2D eigenvalue weighted by atomic mass is 35.5. The molecule has 5 nitrogen and oxygen atoms in total. The minimum atomic E-state index is -3.45. The van der Waals surface area contributed by atoms with E-state index in [2.05, 4.69) is 9.97 Å². The van der Waals surface area contributed by atoms with E-state index in [-0.39, 0.29) is 10.2 Å². The van der Waals surface area contributed by atoms with Crippen LogP contribution < -0.4 is 4.74 Å². The summed E-state index contributed by atoms with van der Waals surface area (Å²) in [5, 5.41) is 0.957.